The lowest BCUT2D eigenvalue weighted by Gasteiger charge is -2.52. The molecule has 0 saturated carbocycles. The van der Waals surface area contributed by atoms with E-state index < -0.39 is 11.9 Å². The topological polar surface area (TPSA) is 29.5 Å². The number of para-hydroxylation sites is 1. The summed E-state index contributed by atoms with van der Waals surface area (Å²) in [6, 6.07) is 18.7. The van der Waals surface area contributed by atoms with Gasteiger partial charge < -0.3 is 9.22 Å². The quantitative estimate of drug-likeness (QED) is 0.243. The van der Waals surface area contributed by atoms with E-state index in [0.717, 1.165) is 42.7 Å². The van der Waals surface area contributed by atoms with Crippen LogP contribution in [0.3, 0.4) is 0 Å². The Morgan fingerprint density at radius 1 is 0.919 bits per heavy atom. The number of carbonyl (C=O) groups excluding carboxylic acids is 1. The Bertz CT molecular complexity index is 1230. The lowest BCUT2D eigenvalue weighted by molar-refractivity contribution is -0.943. The molecule has 0 aromatic heterocycles. The summed E-state index contributed by atoms with van der Waals surface area (Å²) in [5.74, 6) is -0.0528. The van der Waals surface area contributed by atoms with Crippen molar-refractivity contribution in [3.63, 3.8) is 0 Å². The fourth-order valence-corrected chi connectivity index (χ4v) is 6.54. The molecule has 194 valence electrons. The van der Waals surface area contributed by atoms with Crippen LogP contribution >= 0.6 is 11.8 Å². The zero-order chi connectivity index (χ0) is 25.8. The largest absolute Gasteiger partial charge is 0.440 e. The number of anilines is 1. The van der Waals surface area contributed by atoms with E-state index in [1.54, 1.807) is 42.5 Å². The maximum Gasteiger partial charge on any atom is 0.415 e. The average Bonchev–Trinajstić information content (AvgIpc) is 2.90. The Morgan fingerprint density at radius 3 is 2.30 bits per heavy atom. The molecule has 1 unspecified atom stereocenters. The molecular formula is C29H30F3N2O2S+. The van der Waals surface area contributed by atoms with Gasteiger partial charge in [-0.1, -0.05) is 36.4 Å². The Labute approximate surface area is 219 Å². The molecule has 3 aliphatic heterocycles. The number of ether oxygens (including phenoxy) is 1. The van der Waals surface area contributed by atoms with Crippen LogP contribution in [0, 0.1) is 23.4 Å². The van der Waals surface area contributed by atoms with Crippen molar-refractivity contribution in [1.82, 2.24) is 0 Å². The number of hydrogen-bond donors (Lipinski definition) is 0. The van der Waals surface area contributed by atoms with Gasteiger partial charge in [0.15, 0.2) is 6.10 Å². The number of halogens is 3. The summed E-state index contributed by atoms with van der Waals surface area (Å²) in [5, 5.41) is 0. The second kappa shape index (κ2) is 11.2. The van der Waals surface area contributed by atoms with E-state index >= 15 is 0 Å². The normalized spacial score (nSPS) is 22.6. The third kappa shape index (κ3) is 5.96. The van der Waals surface area contributed by atoms with Crippen LogP contribution in [-0.4, -0.2) is 48.6 Å². The number of quaternary nitrogens is 1. The highest BCUT2D eigenvalue weighted by Gasteiger charge is 2.47. The first-order valence-electron chi connectivity index (χ1n) is 12.6. The standard InChI is InChI=1S/C29H30F3N2O2S/c30-23-11-9-21(10-12-23)19-33(26-7-3-1-5-24(26)31)29(35)36-27-20-34(15-13-22(27)14-16-34)17-18-37-28-8-4-2-6-25(28)32/h1-12,22,27H,13-20H2/q+1. The van der Waals surface area contributed by atoms with Gasteiger partial charge in [0.2, 0.25) is 0 Å². The van der Waals surface area contributed by atoms with Gasteiger partial charge in [0.05, 0.1) is 31.9 Å². The minimum Gasteiger partial charge on any atom is -0.440 e. The van der Waals surface area contributed by atoms with Crippen LogP contribution in [0.4, 0.5) is 23.7 Å². The van der Waals surface area contributed by atoms with Crippen LogP contribution in [0.5, 0.6) is 0 Å². The number of nitrogens with zero attached hydrogens (tertiary/aromatic N) is 2. The first kappa shape index (κ1) is 25.7. The molecule has 0 N–H and O–H groups in total. The predicted molar refractivity (Wildman–Crippen MR) is 139 cm³/mol. The van der Waals surface area contributed by atoms with Crippen molar-refractivity contribution in [3.05, 3.63) is 95.8 Å². The van der Waals surface area contributed by atoms with Crippen LogP contribution < -0.4 is 4.90 Å². The maximum atomic E-state index is 14.7. The van der Waals surface area contributed by atoms with Crippen LogP contribution in [0.1, 0.15) is 18.4 Å². The summed E-state index contributed by atoms with van der Waals surface area (Å²) in [6.45, 7) is 3.67. The fraction of sp³-hybridized carbons (Fsp3) is 0.345. The Hall–Kier alpha value is -2.97. The Kier molecular flexibility index (Phi) is 7.76. The van der Waals surface area contributed by atoms with E-state index in [9.17, 15) is 18.0 Å². The van der Waals surface area contributed by atoms with E-state index in [0.29, 0.717) is 17.0 Å². The van der Waals surface area contributed by atoms with Crippen LogP contribution in [0.25, 0.3) is 0 Å². The molecule has 3 aliphatic rings. The molecule has 3 saturated heterocycles. The summed E-state index contributed by atoms with van der Waals surface area (Å²) < 4.78 is 49.1. The number of carbonyl (C=O) groups is 1. The molecule has 37 heavy (non-hydrogen) atoms. The zero-order valence-corrected chi connectivity index (χ0v) is 21.3. The van der Waals surface area contributed by atoms with Crippen molar-refractivity contribution in [1.29, 1.82) is 0 Å². The lowest BCUT2D eigenvalue weighted by atomic mass is 9.83. The van der Waals surface area contributed by atoms with Gasteiger partial charge in [-0.15, -0.1) is 11.8 Å². The second-order valence-electron chi connectivity index (χ2n) is 9.90. The van der Waals surface area contributed by atoms with Crippen molar-refractivity contribution in [2.45, 2.75) is 30.4 Å². The Morgan fingerprint density at radius 2 is 1.59 bits per heavy atom. The third-order valence-electron chi connectivity index (χ3n) is 7.57. The number of amides is 1. The van der Waals surface area contributed by atoms with Crippen LogP contribution in [0.15, 0.2) is 77.7 Å². The number of thioether (sulfide) groups is 1. The van der Waals surface area contributed by atoms with Crippen LogP contribution in [0.2, 0.25) is 0 Å². The smallest absolute Gasteiger partial charge is 0.415 e. The molecule has 1 amide bonds. The van der Waals surface area contributed by atoms with E-state index in [1.165, 1.54) is 40.9 Å². The molecule has 3 aromatic rings. The fourth-order valence-electron chi connectivity index (χ4n) is 5.46. The van der Waals surface area contributed by atoms with Gasteiger partial charge >= 0.3 is 6.09 Å². The lowest BCUT2D eigenvalue weighted by Crippen LogP contribution is -2.65. The van der Waals surface area contributed by atoms with Crippen molar-refractivity contribution < 1.29 is 27.2 Å². The average molecular weight is 528 g/mol. The zero-order valence-electron chi connectivity index (χ0n) is 20.5. The van der Waals surface area contributed by atoms with Crippen molar-refractivity contribution in [2.24, 2.45) is 5.92 Å². The van der Waals surface area contributed by atoms with Crippen molar-refractivity contribution in [3.8, 4) is 0 Å². The van der Waals surface area contributed by atoms with Gasteiger partial charge in [-0.05, 0) is 42.0 Å². The molecule has 0 radical (unpaired) electrons. The first-order chi connectivity index (χ1) is 17.9. The molecule has 2 bridgehead atoms. The summed E-state index contributed by atoms with van der Waals surface area (Å²) >= 11 is 1.52. The van der Waals surface area contributed by atoms with Gasteiger partial charge in [-0.3, -0.25) is 4.90 Å². The number of rotatable bonds is 8. The molecule has 0 spiro atoms. The summed E-state index contributed by atoms with van der Waals surface area (Å²) in [6.07, 6.45) is 1.04. The third-order valence-corrected chi connectivity index (χ3v) is 8.60. The number of benzene rings is 3. The molecule has 6 rings (SSSR count). The van der Waals surface area contributed by atoms with Crippen molar-refractivity contribution in [2.75, 3.05) is 36.8 Å². The highest BCUT2D eigenvalue weighted by Crippen LogP contribution is 2.37. The highest BCUT2D eigenvalue weighted by molar-refractivity contribution is 7.99. The van der Waals surface area contributed by atoms with E-state index in [4.69, 9.17) is 4.74 Å². The summed E-state index contributed by atoms with van der Waals surface area (Å²) in [7, 11) is 0. The van der Waals surface area contributed by atoms with Crippen LogP contribution in [-0.2, 0) is 11.3 Å². The van der Waals surface area contributed by atoms with E-state index in [2.05, 4.69) is 0 Å². The minimum atomic E-state index is -0.605. The molecule has 4 nitrogen and oxygen atoms in total. The molecule has 8 heteroatoms. The van der Waals surface area contributed by atoms with E-state index in [1.807, 2.05) is 6.07 Å². The van der Waals surface area contributed by atoms with Gasteiger partial charge in [0.1, 0.15) is 24.0 Å². The van der Waals surface area contributed by atoms with Gasteiger partial charge in [-0.25, -0.2) is 18.0 Å². The van der Waals surface area contributed by atoms with Gasteiger partial charge in [0, 0.05) is 29.4 Å². The van der Waals surface area contributed by atoms with Gasteiger partial charge in [0.25, 0.3) is 0 Å². The first-order valence-corrected chi connectivity index (χ1v) is 13.6. The summed E-state index contributed by atoms with van der Waals surface area (Å²) in [5.41, 5.74) is 0.799. The number of hydrogen-bond acceptors (Lipinski definition) is 3. The Balaban J connectivity index is 1.28. The van der Waals surface area contributed by atoms with E-state index in [-0.39, 0.29) is 35.9 Å². The molecular weight excluding hydrogens is 497 g/mol. The molecule has 1 atom stereocenters. The number of piperidine rings is 3. The molecule has 3 heterocycles. The van der Waals surface area contributed by atoms with Crippen molar-refractivity contribution >= 4 is 23.5 Å². The maximum absolute atomic E-state index is 14.7. The predicted octanol–water partition coefficient (Wildman–Crippen LogP) is 6.65. The summed E-state index contributed by atoms with van der Waals surface area (Å²) in [4.78, 5) is 15.4. The SMILES string of the molecule is O=C(OC1C[N+]2(CCSc3ccccc3F)CCC1CC2)N(Cc1ccc(F)cc1)c1ccccc1F. The molecule has 0 aliphatic carbocycles. The second-order valence-corrected chi connectivity index (χ2v) is 11.0. The highest BCUT2D eigenvalue weighted by atomic mass is 32.2. The minimum absolute atomic E-state index is 0.0662. The molecule has 3 aromatic carbocycles. The monoisotopic (exact) mass is 527 g/mol. The van der Waals surface area contributed by atoms with Gasteiger partial charge in [-0.2, -0.15) is 0 Å². The molecule has 3 fully saturated rings. The number of fused-ring (bicyclic) bond motifs is 3.